The largest absolute Gasteiger partial charge is 0.481 e. The molecule has 1 aliphatic rings. The number of rotatable bonds is 3. The molecule has 5 heteroatoms. The van der Waals surface area contributed by atoms with Gasteiger partial charge in [0.05, 0.1) is 5.41 Å². The highest BCUT2D eigenvalue weighted by molar-refractivity contribution is 5.74. The molecule has 3 nitrogen and oxygen atoms in total. The molecule has 1 aliphatic heterocycles. The summed E-state index contributed by atoms with van der Waals surface area (Å²) in [5, 5.41) is 8.85. The molecule has 0 bridgehead atoms. The molecule has 0 unspecified atom stereocenters. The van der Waals surface area contributed by atoms with Crippen LogP contribution in [0.1, 0.15) is 19.3 Å². The van der Waals surface area contributed by atoms with Crippen molar-refractivity contribution in [3.05, 3.63) is 0 Å². The van der Waals surface area contributed by atoms with Crippen molar-refractivity contribution in [3.63, 3.8) is 0 Å². The fourth-order valence-electron chi connectivity index (χ4n) is 1.56. The number of hydrogen-bond acceptors (Lipinski definition) is 2. The Kier molecular flexibility index (Phi) is 3.19. The summed E-state index contributed by atoms with van der Waals surface area (Å²) in [4.78, 5) is 10.8. The molecule has 1 fully saturated rings. The Morgan fingerprint density at radius 2 is 2.00 bits per heavy atom. The lowest BCUT2D eigenvalue weighted by Gasteiger charge is -2.32. The van der Waals surface area contributed by atoms with Crippen LogP contribution in [0.15, 0.2) is 0 Å². The van der Waals surface area contributed by atoms with E-state index >= 15 is 0 Å². The van der Waals surface area contributed by atoms with Crippen molar-refractivity contribution in [1.82, 2.24) is 0 Å². The molecule has 1 N–H and O–H groups in total. The maximum atomic E-state index is 12.1. The lowest BCUT2D eigenvalue weighted by molar-refractivity contribution is -0.158. The molecule has 1 rings (SSSR count). The first-order chi connectivity index (χ1) is 6.07. The molecule has 0 saturated carbocycles. The Morgan fingerprint density at radius 1 is 1.46 bits per heavy atom. The van der Waals surface area contributed by atoms with Crippen LogP contribution < -0.4 is 0 Å². The molecule has 0 aromatic heterocycles. The number of halogens is 2. The van der Waals surface area contributed by atoms with Crippen molar-refractivity contribution >= 4 is 5.97 Å². The van der Waals surface area contributed by atoms with E-state index in [1.54, 1.807) is 0 Å². The highest BCUT2D eigenvalue weighted by Gasteiger charge is 2.42. The molecule has 0 spiro atoms. The summed E-state index contributed by atoms with van der Waals surface area (Å²) in [5.41, 5.74) is -1.26. The summed E-state index contributed by atoms with van der Waals surface area (Å²) in [7, 11) is 0. The molecule has 0 aliphatic carbocycles. The number of carbonyl (C=O) groups is 1. The fraction of sp³-hybridized carbons (Fsp3) is 0.875. The Bertz CT molecular complexity index is 188. The quantitative estimate of drug-likeness (QED) is 0.740. The predicted molar refractivity (Wildman–Crippen MR) is 40.7 cm³/mol. The zero-order valence-corrected chi connectivity index (χ0v) is 7.13. The van der Waals surface area contributed by atoms with Gasteiger partial charge in [-0.05, 0) is 12.8 Å². The minimum Gasteiger partial charge on any atom is -0.481 e. The van der Waals surface area contributed by atoms with Gasteiger partial charge in [0.1, 0.15) is 0 Å². The molecular formula is C8H12F2O3. The first-order valence-electron chi connectivity index (χ1n) is 4.16. The SMILES string of the molecule is O=C(O)C1(CC(F)F)CCOCC1. The summed E-state index contributed by atoms with van der Waals surface area (Å²) >= 11 is 0. The van der Waals surface area contributed by atoms with E-state index in [1.165, 1.54) is 0 Å². The Balaban J connectivity index is 2.67. The van der Waals surface area contributed by atoms with Crippen molar-refractivity contribution in [3.8, 4) is 0 Å². The zero-order chi connectivity index (χ0) is 9.90. The van der Waals surface area contributed by atoms with E-state index in [0.717, 1.165) is 0 Å². The van der Waals surface area contributed by atoms with Gasteiger partial charge in [-0.3, -0.25) is 4.79 Å². The zero-order valence-electron chi connectivity index (χ0n) is 7.13. The topological polar surface area (TPSA) is 46.5 Å². The van der Waals surface area contributed by atoms with Gasteiger partial charge in [-0.25, -0.2) is 8.78 Å². The van der Waals surface area contributed by atoms with E-state index in [-0.39, 0.29) is 26.1 Å². The second-order valence-electron chi connectivity index (χ2n) is 3.29. The molecular weight excluding hydrogens is 182 g/mol. The molecule has 0 aromatic rings. The van der Waals surface area contributed by atoms with Crippen LogP contribution in [0.3, 0.4) is 0 Å². The summed E-state index contributed by atoms with van der Waals surface area (Å²) in [5.74, 6) is -1.13. The molecule has 0 atom stereocenters. The molecule has 13 heavy (non-hydrogen) atoms. The Labute approximate surface area is 74.7 Å². The van der Waals surface area contributed by atoms with Gasteiger partial charge in [0.2, 0.25) is 6.43 Å². The van der Waals surface area contributed by atoms with E-state index < -0.39 is 24.2 Å². The Morgan fingerprint density at radius 3 is 2.38 bits per heavy atom. The first kappa shape index (κ1) is 10.4. The number of aliphatic carboxylic acids is 1. The van der Waals surface area contributed by atoms with E-state index in [0.29, 0.717) is 0 Å². The molecule has 76 valence electrons. The van der Waals surface area contributed by atoms with Crippen molar-refractivity contribution in [2.24, 2.45) is 5.41 Å². The van der Waals surface area contributed by atoms with Gasteiger partial charge in [-0.2, -0.15) is 0 Å². The lowest BCUT2D eigenvalue weighted by atomic mass is 9.77. The number of carboxylic acids is 1. The van der Waals surface area contributed by atoms with Crippen LogP contribution in [0.5, 0.6) is 0 Å². The van der Waals surface area contributed by atoms with Crippen LogP contribution in [0.4, 0.5) is 8.78 Å². The summed E-state index contributed by atoms with van der Waals surface area (Å²) in [6.07, 6.45) is -2.75. The van der Waals surface area contributed by atoms with Crippen LogP contribution in [-0.4, -0.2) is 30.7 Å². The second kappa shape index (κ2) is 4.00. The minimum atomic E-state index is -2.56. The molecule has 1 saturated heterocycles. The molecule has 0 amide bonds. The van der Waals surface area contributed by atoms with Gasteiger partial charge in [0, 0.05) is 19.6 Å². The maximum absolute atomic E-state index is 12.1. The van der Waals surface area contributed by atoms with Crippen LogP contribution in [0.25, 0.3) is 0 Å². The van der Waals surface area contributed by atoms with Crippen molar-refractivity contribution in [1.29, 1.82) is 0 Å². The summed E-state index contributed by atoms with van der Waals surface area (Å²) in [6, 6.07) is 0. The number of carboxylic acid groups (broad SMARTS) is 1. The lowest BCUT2D eigenvalue weighted by Crippen LogP contribution is -2.38. The van der Waals surface area contributed by atoms with E-state index in [2.05, 4.69) is 0 Å². The Hall–Kier alpha value is -0.710. The highest BCUT2D eigenvalue weighted by Crippen LogP contribution is 2.36. The fourth-order valence-corrected chi connectivity index (χ4v) is 1.56. The van der Waals surface area contributed by atoms with Crippen LogP contribution in [-0.2, 0) is 9.53 Å². The summed E-state index contributed by atoms with van der Waals surface area (Å²) in [6.45, 7) is 0.526. The van der Waals surface area contributed by atoms with Gasteiger partial charge in [0.15, 0.2) is 0 Å². The first-order valence-corrected chi connectivity index (χ1v) is 4.16. The van der Waals surface area contributed by atoms with E-state index in [1.807, 2.05) is 0 Å². The normalized spacial score (nSPS) is 21.8. The molecule has 0 radical (unpaired) electrons. The smallest absolute Gasteiger partial charge is 0.310 e. The van der Waals surface area contributed by atoms with Crippen molar-refractivity contribution in [2.75, 3.05) is 13.2 Å². The van der Waals surface area contributed by atoms with Crippen LogP contribution >= 0.6 is 0 Å². The van der Waals surface area contributed by atoms with Gasteiger partial charge in [0.25, 0.3) is 0 Å². The highest BCUT2D eigenvalue weighted by atomic mass is 19.3. The maximum Gasteiger partial charge on any atom is 0.310 e. The predicted octanol–water partition coefficient (Wildman–Crippen LogP) is 1.52. The van der Waals surface area contributed by atoms with Gasteiger partial charge in [-0.15, -0.1) is 0 Å². The van der Waals surface area contributed by atoms with Crippen LogP contribution in [0, 0.1) is 5.41 Å². The van der Waals surface area contributed by atoms with E-state index in [9.17, 15) is 13.6 Å². The third-order valence-corrected chi connectivity index (χ3v) is 2.45. The van der Waals surface area contributed by atoms with Gasteiger partial charge < -0.3 is 9.84 Å². The minimum absolute atomic E-state index is 0.187. The number of hydrogen-bond donors (Lipinski definition) is 1. The van der Waals surface area contributed by atoms with E-state index in [4.69, 9.17) is 9.84 Å². The monoisotopic (exact) mass is 194 g/mol. The number of alkyl halides is 2. The van der Waals surface area contributed by atoms with Crippen LogP contribution in [0.2, 0.25) is 0 Å². The van der Waals surface area contributed by atoms with Crippen molar-refractivity contribution in [2.45, 2.75) is 25.7 Å². The summed E-state index contributed by atoms with van der Waals surface area (Å²) < 4.78 is 29.2. The van der Waals surface area contributed by atoms with Gasteiger partial charge in [-0.1, -0.05) is 0 Å². The van der Waals surface area contributed by atoms with Gasteiger partial charge >= 0.3 is 5.97 Å². The second-order valence-corrected chi connectivity index (χ2v) is 3.29. The molecule has 1 heterocycles. The van der Waals surface area contributed by atoms with Crippen molar-refractivity contribution < 1.29 is 23.4 Å². The number of ether oxygens (including phenoxy) is 1. The average molecular weight is 194 g/mol. The molecule has 0 aromatic carbocycles. The average Bonchev–Trinajstić information content (AvgIpc) is 2.04. The standard InChI is InChI=1S/C8H12F2O3/c9-6(10)5-8(7(11)12)1-3-13-4-2-8/h6H,1-5H2,(H,11,12). The third kappa shape index (κ3) is 2.37. The third-order valence-electron chi connectivity index (χ3n) is 2.45.